The van der Waals surface area contributed by atoms with Gasteiger partial charge >= 0.3 is 5.97 Å². The van der Waals surface area contributed by atoms with Crippen LogP contribution >= 0.6 is 0 Å². The lowest BCUT2D eigenvalue weighted by atomic mass is 10.1. The normalized spacial score (nSPS) is 10.6. The van der Waals surface area contributed by atoms with Gasteiger partial charge in [0.1, 0.15) is 11.5 Å². The van der Waals surface area contributed by atoms with Crippen molar-refractivity contribution in [3.8, 4) is 11.5 Å². The molecule has 0 saturated carbocycles. The van der Waals surface area contributed by atoms with Crippen LogP contribution in [0.25, 0.3) is 0 Å². The average molecular weight is 285 g/mol. The number of ether oxygens (including phenoxy) is 1. The second-order valence-corrected chi connectivity index (χ2v) is 5.13. The minimum absolute atomic E-state index is 0.251. The van der Waals surface area contributed by atoms with Crippen LogP contribution in [0.3, 0.4) is 0 Å². The maximum absolute atomic E-state index is 10.8. The summed E-state index contributed by atoms with van der Waals surface area (Å²) in [6, 6.07) is 14.3. The third-order valence-electron chi connectivity index (χ3n) is 3.11. The summed E-state index contributed by atoms with van der Waals surface area (Å²) in [6.45, 7) is 1.01. The SMILES string of the molecule is CN(C)CCc1ccc(Oc2ccc(C(=O)O)cc2)cc1. The summed E-state index contributed by atoms with van der Waals surface area (Å²) in [6.07, 6.45) is 1.00. The van der Waals surface area contributed by atoms with Gasteiger partial charge in [-0.2, -0.15) is 0 Å². The van der Waals surface area contributed by atoms with E-state index >= 15 is 0 Å². The van der Waals surface area contributed by atoms with E-state index < -0.39 is 5.97 Å². The van der Waals surface area contributed by atoms with Crippen molar-refractivity contribution in [3.05, 3.63) is 59.7 Å². The van der Waals surface area contributed by atoms with Crippen LogP contribution in [0.1, 0.15) is 15.9 Å². The quantitative estimate of drug-likeness (QED) is 0.885. The zero-order chi connectivity index (χ0) is 15.2. The van der Waals surface area contributed by atoms with Gasteiger partial charge in [0.25, 0.3) is 0 Å². The lowest BCUT2D eigenvalue weighted by Gasteiger charge is -2.10. The molecule has 4 heteroatoms. The number of carbonyl (C=O) groups is 1. The van der Waals surface area contributed by atoms with Gasteiger partial charge in [-0.25, -0.2) is 4.79 Å². The maximum Gasteiger partial charge on any atom is 0.335 e. The van der Waals surface area contributed by atoms with Gasteiger partial charge < -0.3 is 14.7 Å². The second kappa shape index (κ2) is 6.90. The van der Waals surface area contributed by atoms with Gasteiger partial charge in [0, 0.05) is 6.54 Å². The van der Waals surface area contributed by atoms with E-state index in [2.05, 4.69) is 19.0 Å². The lowest BCUT2D eigenvalue weighted by Crippen LogP contribution is -2.14. The number of rotatable bonds is 6. The fourth-order valence-electron chi connectivity index (χ4n) is 1.88. The van der Waals surface area contributed by atoms with E-state index in [0.29, 0.717) is 5.75 Å². The predicted octanol–water partition coefficient (Wildman–Crippen LogP) is 3.28. The van der Waals surface area contributed by atoms with E-state index in [1.165, 1.54) is 17.7 Å². The Kier molecular flexibility index (Phi) is 4.95. The van der Waals surface area contributed by atoms with Crippen LogP contribution in [-0.2, 0) is 6.42 Å². The minimum Gasteiger partial charge on any atom is -0.478 e. The summed E-state index contributed by atoms with van der Waals surface area (Å²) in [5.74, 6) is 0.430. The van der Waals surface area contributed by atoms with Crippen LogP contribution < -0.4 is 4.74 Å². The molecule has 0 saturated heterocycles. The van der Waals surface area contributed by atoms with Crippen LogP contribution in [-0.4, -0.2) is 36.6 Å². The summed E-state index contributed by atoms with van der Waals surface area (Å²) < 4.78 is 5.69. The van der Waals surface area contributed by atoms with Crippen molar-refractivity contribution < 1.29 is 14.6 Å². The zero-order valence-electron chi connectivity index (χ0n) is 12.2. The van der Waals surface area contributed by atoms with Crippen molar-refractivity contribution in [2.75, 3.05) is 20.6 Å². The fraction of sp³-hybridized carbons (Fsp3) is 0.235. The standard InChI is InChI=1S/C17H19NO3/c1-18(2)12-11-13-3-7-15(8-4-13)21-16-9-5-14(6-10-16)17(19)20/h3-10H,11-12H2,1-2H3,(H,19,20). The topological polar surface area (TPSA) is 49.8 Å². The largest absolute Gasteiger partial charge is 0.478 e. The molecule has 0 aliphatic carbocycles. The molecule has 0 aliphatic rings. The van der Waals surface area contributed by atoms with Gasteiger partial charge in [0.2, 0.25) is 0 Å². The molecule has 0 atom stereocenters. The van der Waals surface area contributed by atoms with Crippen molar-refractivity contribution in [1.29, 1.82) is 0 Å². The Hall–Kier alpha value is -2.33. The molecule has 0 radical (unpaired) electrons. The van der Waals surface area contributed by atoms with E-state index in [1.807, 2.05) is 24.3 Å². The third-order valence-corrected chi connectivity index (χ3v) is 3.11. The highest BCUT2D eigenvalue weighted by Crippen LogP contribution is 2.22. The maximum atomic E-state index is 10.8. The van der Waals surface area contributed by atoms with Crippen molar-refractivity contribution >= 4 is 5.97 Å². The molecule has 0 aliphatic heterocycles. The van der Waals surface area contributed by atoms with E-state index in [-0.39, 0.29) is 5.56 Å². The minimum atomic E-state index is -0.938. The Balaban J connectivity index is 1.98. The van der Waals surface area contributed by atoms with Gasteiger partial charge in [0.15, 0.2) is 0 Å². The van der Waals surface area contributed by atoms with Crippen LogP contribution in [0.15, 0.2) is 48.5 Å². The number of likely N-dealkylation sites (N-methyl/N-ethyl adjacent to an activating group) is 1. The first-order valence-electron chi connectivity index (χ1n) is 6.79. The molecule has 2 aromatic carbocycles. The number of carboxylic acids is 1. The van der Waals surface area contributed by atoms with E-state index in [9.17, 15) is 4.79 Å². The highest BCUT2D eigenvalue weighted by Gasteiger charge is 2.03. The number of hydrogen-bond donors (Lipinski definition) is 1. The molecule has 0 spiro atoms. The van der Waals surface area contributed by atoms with Gasteiger partial charge in [-0.3, -0.25) is 0 Å². The number of carboxylic acid groups (broad SMARTS) is 1. The summed E-state index contributed by atoms with van der Waals surface area (Å²) in [4.78, 5) is 12.9. The van der Waals surface area contributed by atoms with Crippen molar-refractivity contribution in [2.45, 2.75) is 6.42 Å². The predicted molar refractivity (Wildman–Crippen MR) is 82.2 cm³/mol. The fourth-order valence-corrected chi connectivity index (χ4v) is 1.88. The molecule has 21 heavy (non-hydrogen) atoms. The summed E-state index contributed by atoms with van der Waals surface area (Å²) in [5.41, 5.74) is 1.51. The van der Waals surface area contributed by atoms with Gasteiger partial charge in [0.05, 0.1) is 5.56 Å². The van der Waals surface area contributed by atoms with Crippen molar-refractivity contribution in [3.63, 3.8) is 0 Å². The molecule has 4 nitrogen and oxygen atoms in total. The van der Waals surface area contributed by atoms with Crippen LogP contribution in [0, 0.1) is 0 Å². The number of benzene rings is 2. The van der Waals surface area contributed by atoms with Gasteiger partial charge in [-0.1, -0.05) is 12.1 Å². The molecular formula is C17H19NO3. The molecular weight excluding hydrogens is 266 g/mol. The monoisotopic (exact) mass is 285 g/mol. The molecule has 2 aromatic rings. The Morgan fingerprint density at radius 3 is 2.00 bits per heavy atom. The summed E-state index contributed by atoms with van der Waals surface area (Å²) in [5, 5.41) is 8.84. The van der Waals surface area contributed by atoms with Gasteiger partial charge in [-0.15, -0.1) is 0 Å². The molecule has 110 valence electrons. The third kappa shape index (κ3) is 4.61. The molecule has 0 unspecified atom stereocenters. The molecule has 0 aromatic heterocycles. The summed E-state index contributed by atoms with van der Waals surface area (Å²) >= 11 is 0. The second-order valence-electron chi connectivity index (χ2n) is 5.13. The Morgan fingerprint density at radius 2 is 1.52 bits per heavy atom. The first-order valence-corrected chi connectivity index (χ1v) is 6.79. The number of nitrogens with zero attached hydrogens (tertiary/aromatic N) is 1. The lowest BCUT2D eigenvalue weighted by molar-refractivity contribution is 0.0697. The number of hydrogen-bond acceptors (Lipinski definition) is 3. The van der Waals surface area contributed by atoms with E-state index in [4.69, 9.17) is 9.84 Å². The molecule has 0 amide bonds. The first kappa shape index (κ1) is 15.1. The highest BCUT2D eigenvalue weighted by atomic mass is 16.5. The Morgan fingerprint density at radius 1 is 1.00 bits per heavy atom. The smallest absolute Gasteiger partial charge is 0.335 e. The molecule has 0 fully saturated rings. The van der Waals surface area contributed by atoms with Crippen LogP contribution in [0.2, 0.25) is 0 Å². The van der Waals surface area contributed by atoms with Gasteiger partial charge in [-0.05, 0) is 62.5 Å². The Bertz CT molecular complexity index is 588. The average Bonchev–Trinajstić information content (AvgIpc) is 2.47. The molecule has 2 rings (SSSR count). The van der Waals surface area contributed by atoms with Crippen LogP contribution in [0.5, 0.6) is 11.5 Å². The number of aromatic carboxylic acids is 1. The highest BCUT2D eigenvalue weighted by molar-refractivity contribution is 5.87. The zero-order valence-corrected chi connectivity index (χ0v) is 12.2. The van der Waals surface area contributed by atoms with Crippen LogP contribution in [0.4, 0.5) is 0 Å². The van der Waals surface area contributed by atoms with Crippen molar-refractivity contribution in [1.82, 2.24) is 4.90 Å². The molecule has 0 heterocycles. The first-order chi connectivity index (χ1) is 10.0. The van der Waals surface area contributed by atoms with E-state index in [0.717, 1.165) is 18.7 Å². The van der Waals surface area contributed by atoms with Crippen molar-refractivity contribution in [2.24, 2.45) is 0 Å². The Labute approximate surface area is 124 Å². The molecule has 1 N–H and O–H groups in total. The summed E-state index contributed by atoms with van der Waals surface area (Å²) in [7, 11) is 4.11. The van der Waals surface area contributed by atoms with E-state index in [1.54, 1.807) is 12.1 Å². The molecule has 0 bridgehead atoms.